The summed E-state index contributed by atoms with van der Waals surface area (Å²) in [4.78, 5) is 33.6. The molecule has 0 spiro atoms. The first-order valence-corrected chi connectivity index (χ1v) is 7.07. The Balaban J connectivity index is 2.03. The molecule has 2 aromatic carbocycles. The number of methoxy groups -OCH3 is 1. The lowest BCUT2D eigenvalue weighted by Crippen LogP contribution is -2.22. The van der Waals surface area contributed by atoms with Gasteiger partial charge in [0.1, 0.15) is 22.9 Å². The highest BCUT2D eigenvalue weighted by Crippen LogP contribution is 2.28. The summed E-state index contributed by atoms with van der Waals surface area (Å²) in [5, 5.41) is 13.0. The van der Waals surface area contributed by atoms with Gasteiger partial charge in [0, 0.05) is 6.07 Å². The second-order valence-electron chi connectivity index (χ2n) is 4.86. The van der Waals surface area contributed by atoms with Crippen molar-refractivity contribution >= 4 is 23.3 Å². The average Bonchev–Trinajstić information content (AvgIpc) is 2.60. The topological polar surface area (TPSA) is 108 Å². The molecule has 0 aromatic heterocycles. The summed E-state index contributed by atoms with van der Waals surface area (Å²) in [6, 6.07) is 6.29. The fraction of sp³-hybridized carbons (Fsp3) is 0.125. The van der Waals surface area contributed by atoms with Crippen molar-refractivity contribution in [3.63, 3.8) is 0 Å². The number of nitro benzene ring substituents is 1. The third-order valence-corrected chi connectivity index (χ3v) is 3.17. The minimum atomic E-state index is -1.34. The fourth-order valence-electron chi connectivity index (χ4n) is 1.98. The molecular weight excluding hydrogens is 354 g/mol. The van der Waals surface area contributed by atoms with Gasteiger partial charge >= 0.3 is 5.97 Å². The van der Waals surface area contributed by atoms with E-state index in [1.54, 1.807) is 0 Å². The third kappa shape index (κ3) is 4.29. The number of nitrogens with zero attached hydrogens (tertiary/aromatic N) is 1. The van der Waals surface area contributed by atoms with Crippen molar-refractivity contribution in [1.82, 2.24) is 0 Å². The van der Waals surface area contributed by atoms with Crippen LogP contribution < -0.4 is 10.1 Å². The predicted molar refractivity (Wildman–Crippen MR) is 84.9 cm³/mol. The summed E-state index contributed by atoms with van der Waals surface area (Å²) < 4.78 is 36.4. The van der Waals surface area contributed by atoms with Gasteiger partial charge in [-0.25, -0.2) is 13.6 Å². The van der Waals surface area contributed by atoms with Gasteiger partial charge in [-0.15, -0.1) is 0 Å². The van der Waals surface area contributed by atoms with Gasteiger partial charge in [0.15, 0.2) is 6.61 Å². The van der Waals surface area contributed by atoms with Crippen LogP contribution in [0.2, 0.25) is 0 Å². The second-order valence-corrected chi connectivity index (χ2v) is 4.86. The van der Waals surface area contributed by atoms with Crippen LogP contribution in [-0.4, -0.2) is 30.5 Å². The predicted octanol–water partition coefficient (Wildman–Crippen LogP) is 2.68. The molecule has 2 aromatic rings. The van der Waals surface area contributed by atoms with Gasteiger partial charge in [-0.3, -0.25) is 14.9 Å². The highest BCUT2D eigenvalue weighted by Gasteiger charge is 2.20. The molecule has 0 aliphatic carbocycles. The number of ether oxygens (including phenoxy) is 2. The van der Waals surface area contributed by atoms with E-state index in [0.29, 0.717) is 0 Å². The van der Waals surface area contributed by atoms with Crippen molar-refractivity contribution in [2.75, 3.05) is 19.0 Å². The number of carbonyl (C=O) groups is 2. The number of nitro groups is 1. The van der Waals surface area contributed by atoms with Gasteiger partial charge in [0.05, 0.1) is 23.8 Å². The number of hydrogen-bond acceptors (Lipinski definition) is 6. The Morgan fingerprint density at radius 3 is 2.42 bits per heavy atom. The van der Waals surface area contributed by atoms with E-state index in [1.807, 2.05) is 0 Å². The summed E-state index contributed by atoms with van der Waals surface area (Å²) in [5.74, 6) is -4.40. The lowest BCUT2D eigenvalue weighted by Gasteiger charge is -2.10. The second kappa shape index (κ2) is 8.01. The van der Waals surface area contributed by atoms with E-state index in [4.69, 9.17) is 4.74 Å². The Kier molecular flexibility index (Phi) is 5.78. The van der Waals surface area contributed by atoms with E-state index in [0.717, 1.165) is 30.3 Å². The quantitative estimate of drug-likeness (QED) is 0.478. The van der Waals surface area contributed by atoms with Gasteiger partial charge in [0.25, 0.3) is 11.6 Å². The van der Waals surface area contributed by atoms with Crippen molar-refractivity contribution in [2.45, 2.75) is 0 Å². The van der Waals surface area contributed by atoms with Crippen molar-refractivity contribution in [3.8, 4) is 5.75 Å². The van der Waals surface area contributed by atoms with Gasteiger partial charge in [-0.2, -0.15) is 0 Å². The number of rotatable bonds is 6. The third-order valence-electron chi connectivity index (χ3n) is 3.17. The molecule has 136 valence electrons. The van der Waals surface area contributed by atoms with E-state index in [-0.39, 0.29) is 17.1 Å². The normalized spacial score (nSPS) is 10.1. The number of esters is 1. The van der Waals surface area contributed by atoms with Crippen molar-refractivity contribution in [1.29, 1.82) is 0 Å². The zero-order chi connectivity index (χ0) is 19.3. The number of benzene rings is 2. The van der Waals surface area contributed by atoms with Crippen LogP contribution in [0.4, 0.5) is 20.2 Å². The van der Waals surface area contributed by atoms with E-state index < -0.39 is 40.6 Å². The monoisotopic (exact) mass is 366 g/mol. The lowest BCUT2D eigenvalue weighted by molar-refractivity contribution is -0.384. The number of anilines is 1. The Labute approximate surface area is 145 Å². The molecule has 0 radical (unpaired) electrons. The summed E-state index contributed by atoms with van der Waals surface area (Å²) in [5.41, 5.74) is -1.06. The number of carbonyl (C=O) groups excluding carboxylic acids is 2. The first kappa shape index (κ1) is 18.8. The van der Waals surface area contributed by atoms with E-state index in [9.17, 15) is 28.5 Å². The fourth-order valence-corrected chi connectivity index (χ4v) is 1.98. The molecule has 0 saturated heterocycles. The molecule has 1 N–H and O–H groups in total. The van der Waals surface area contributed by atoms with Crippen LogP contribution >= 0.6 is 0 Å². The van der Waals surface area contributed by atoms with Gasteiger partial charge in [-0.1, -0.05) is 6.07 Å². The Bertz CT molecular complexity index is 852. The molecule has 0 saturated carbocycles. The van der Waals surface area contributed by atoms with Crippen LogP contribution in [0, 0.1) is 21.7 Å². The molecule has 1 amide bonds. The maximum Gasteiger partial charge on any atom is 0.344 e. The summed E-state index contributed by atoms with van der Waals surface area (Å²) in [7, 11) is 1.25. The van der Waals surface area contributed by atoms with E-state index in [2.05, 4.69) is 10.1 Å². The molecule has 0 aliphatic heterocycles. The van der Waals surface area contributed by atoms with Gasteiger partial charge in [-0.05, 0) is 18.2 Å². The molecule has 0 unspecified atom stereocenters. The largest absolute Gasteiger partial charge is 0.494 e. The molecular formula is C16H12F2N2O6. The molecule has 0 aliphatic rings. The highest BCUT2D eigenvalue weighted by molar-refractivity contribution is 5.96. The van der Waals surface area contributed by atoms with E-state index in [1.165, 1.54) is 13.2 Å². The molecule has 2 rings (SSSR count). The zero-order valence-corrected chi connectivity index (χ0v) is 13.3. The van der Waals surface area contributed by atoms with Gasteiger partial charge < -0.3 is 14.8 Å². The summed E-state index contributed by atoms with van der Waals surface area (Å²) >= 11 is 0. The summed E-state index contributed by atoms with van der Waals surface area (Å²) in [6.45, 7) is -0.827. The number of hydrogen-bond donors (Lipinski definition) is 1. The van der Waals surface area contributed by atoms with Gasteiger partial charge in [0.2, 0.25) is 0 Å². The first-order chi connectivity index (χ1) is 12.3. The zero-order valence-electron chi connectivity index (χ0n) is 13.3. The van der Waals surface area contributed by atoms with Crippen LogP contribution in [0.3, 0.4) is 0 Å². The molecule has 0 fully saturated rings. The number of halogens is 2. The number of non-ortho nitro benzene ring substituents is 1. The van der Waals surface area contributed by atoms with Crippen LogP contribution in [0.25, 0.3) is 0 Å². The lowest BCUT2D eigenvalue weighted by atomic mass is 10.2. The average molecular weight is 366 g/mol. The van der Waals surface area contributed by atoms with Crippen LogP contribution in [-0.2, 0) is 9.53 Å². The highest BCUT2D eigenvalue weighted by atomic mass is 19.1. The summed E-state index contributed by atoms with van der Waals surface area (Å²) in [6.07, 6.45) is 0. The minimum Gasteiger partial charge on any atom is -0.494 e. The Hall–Kier alpha value is -3.56. The molecule has 0 atom stereocenters. The minimum absolute atomic E-state index is 0.0130. The molecule has 0 heterocycles. The van der Waals surface area contributed by atoms with Crippen molar-refractivity contribution in [2.24, 2.45) is 0 Å². The first-order valence-electron chi connectivity index (χ1n) is 7.07. The smallest absolute Gasteiger partial charge is 0.344 e. The standard InChI is InChI=1S/C16H12F2N2O6/c1-25-13-7-9(20(23)24)5-6-12(13)19-14(21)8-26-16(22)15-10(17)3-2-4-11(15)18/h2-7H,8H2,1H3,(H,19,21). The van der Waals surface area contributed by atoms with Crippen LogP contribution in [0.15, 0.2) is 36.4 Å². The van der Waals surface area contributed by atoms with Crippen LogP contribution in [0.5, 0.6) is 5.75 Å². The Morgan fingerprint density at radius 1 is 1.19 bits per heavy atom. The molecule has 8 nitrogen and oxygen atoms in total. The van der Waals surface area contributed by atoms with Crippen molar-refractivity contribution in [3.05, 3.63) is 63.7 Å². The Morgan fingerprint density at radius 2 is 1.85 bits per heavy atom. The number of amides is 1. The maximum atomic E-state index is 13.5. The molecule has 26 heavy (non-hydrogen) atoms. The maximum absolute atomic E-state index is 13.5. The number of nitrogens with one attached hydrogen (secondary N) is 1. The van der Waals surface area contributed by atoms with Crippen molar-refractivity contribution < 1.29 is 32.8 Å². The molecule has 10 heteroatoms. The van der Waals surface area contributed by atoms with Crippen LogP contribution in [0.1, 0.15) is 10.4 Å². The molecule has 0 bridgehead atoms. The van der Waals surface area contributed by atoms with E-state index >= 15 is 0 Å². The SMILES string of the molecule is COc1cc([N+](=O)[O-])ccc1NC(=O)COC(=O)c1c(F)cccc1F.